The highest BCUT2D eigenvalue weighted by atomic mass is 16.6. The maximum absolute atomic E-state index is 14.2. The van der Waals surface area contributed by atoms with Crippen LogP contribution in [-0.4, -0.2) is 88.1 Å². The molecular weight excluding hydrogens is 640 g/mol. The second-order valence-corrected chi connectivity index (χ2v) is 15.0. The third-order valence-electron chi connectivity index (χ3n) is 9.44. The molecule has 4 heterocycles. The van der Waals surface area contributed by atoms with Gasteiger partial charge in [-0.15, -0.1) is 0 Å². The van der Waals surface area contributed by atoms with Crippen LogP contribution in [-0.2, 0) is 28.7 Å². The number of pyridine rings is 1. The summed E-state index contributed by atoms with van der Waals surface area (Å²) in [6.45, 7) is 13.2. The predicted molar refractivity (Wildman–Crippen MR) is 187 cm³/mol. The summed E-state index contributed by atoms with van der Waals surface area (Å²) in [6.07, 6.45) is 3.63. The van der Waals surface area contributed by atoms with Gasteiger partial charge in [0, 0.05) is 25.0 Å². The van der Waals surface area contributed by atoms with E-state index in [-0.39, 0.29) is 31.8 Å². The molecule has 1 spiro atoms. The smallest absolute Gasteiger partial charge is 0.410 e. The number of nitrogens with one attached hydrogen (secondary N) is 3. The number of hydrogen-bond donors (Lipinski definition) is 3. The number of carbonyl (C=O) groups is 5. The van der Waals surface area contributed by atoms with Crippen molar-refractivity contribution in [1.29, 1.82) is 0 Å². The van der Waals surface area contributed by atoms with Gasteiger partial charge < -0.3 is 25.0 Å². The summed E-state index contributed by atoms with van der Waals surface area (Å²) in [7, 11) is 0. The van der Waals surface area contributed by atoms with Crippen LogP contribution in [0.15, 0.2) is 36.4 Å². The Morgan fingerprint density at radius 2 is 1.66 bits per heavy atom. The first kappa shape index (κ1) is 36.8. The highest BCUT2D eigenvalue weighted by Crippen LogP contribution is 2.37. The van der Waals surface area contributed by atoms with Crippen LogP contribution in [0.2, 0.25) is 0 Å². The van der Waals surface area contributed by atoms with Crippen molar-refractivity contribution in [2.75, 3.05) is 19.6 Å². The number of esters is 1. The van der Waals surface area contributed by atoms with Gasteiger partial charge in [0.25, 0.3) is 11.8 Å². The van der Waals surface area contributed by atoms with Gasteiger partial charge in [-0.1, -0.05) is 44.2 Å². The van der Waals surface area contributed by atoms with Crippen molar-refractivity contribution < 1.29 is 33.4 Å². The average Bonchev–Trinajstić information content (AvgIpc) is 3.07. The minimum atomic E-state index is -1.18. The summed E-state index contributed by atoms with van der Waals surface area (Å²) in [5.41, 5.74) is 3.40. The first-order valence-electron chi connectivity index (χ1n) is 17.5. The molecule has 5 rings (SSSR count). The maximum Gasteiger partial charge on any atom is 0.410 e. The summed E-state index contributed by atoms with van der Waals surface area (Å²) in [5, 5.41) is 8.04. The van der Waals surface area contributed by atoms with Gasteiger partial charge in [-0.3, -0.25) is 29.2 Å². The molecule has 4 amide bonds. The molecule has 5 bridgehead atoms. The molecule has 2 fully saturated rings. The van der Waals surface area contributed by atoms with Gasteiger partial charge in [-0.25, -0.2) is 10.2 Å². The Kier molecular flexibility index (Phi) is 10.8. The number of hydrogen-bond acceptors (Lipinski definition) is 9. The monoisotopic (exact) mass is 690 g/mol. The van der Waals surface area contributed by atoms with E-state index in [9.17, 15) is 24.0 Å². The van der Waals surface area contributed by atoms with E-state index in [4.69, 9.17) is 14.5 Å². The fourth-order valence-corrected chi connectivity index (χ4v) is 6.44. The van der Waals surface area contributed by atoms with Crippen molar-refractivity contribution in [1.82, 2.24) is 31.0 Å². The Morgan fingerprint density at radius 3 is 2.34 bits per heavy atom. The lowest BCUT2D eigenvalue weighted by Crippen LogP contribution is -2.61. The fourth-order valence-electron chi connectivity index (χ4n) is 6.44. The topological polar surface area (TPSA) is 159 Å². The number of fused-ring (bicyclic) bond motifs is 4. The lowest BCUT2D eigenvalue weighted by atomic mass is 9.77. The van der Waals surface area contributed by atoms with Gasteiger partial charge >= 0.3 is 12.1 Å². The first-order chi connectivity index (χ1) is 23.5. The molecule has 1 aromatic carbocycles. The van der Waals surface area contributed by atoms with Gasteiger partial charge in [-0.2, -0.15) is 0 Å². The summed E-state index contributed by atoms with van der Waals surface area (Å²) < 4.78 is 11.6. The Hall–Kier alpha value is -4.52. The number of aromatic nitrogens is 1. The molecule has 4 atom stereocenters. The van der Waals surface area contributed by atoms with Crippen molar-refractivity contribution in [2.45, 2.75) is 104 Å². The zero-order chi connectivity index (χ0) is 36.4. The van der Waals surface area contributed by atoms with E-state index >= 15 is 0 Å². The van der Waals surface area contributed by atoms with Crippen LogP contribution in [0.4, 0.5) is 4.79 Å². The summed E-state index contributed by atoms with van der Waals surface area (Å²) in [4.78, 5) is 73.9. The van der Waals surface area contributed by atoms with Gasteiger partial charge in [0.1, 0.15) is 17.7 Å². The molecule has 0 radical (unpaired) electrons. The molecule has 2 saturated heterocycles. The van der Waals surface area contributed by atoms with E-state index in [1.54, 1.807) is 52.5 Å². The van der Waals surface area contributed by atoms with Crippen LogP contribution in [0.3, 0.4) is 0 Å². The summed E-state index contributed by atoms with van der Waals surface area (Å²) >= 11 is 0. The third kappa shape index (κ3) is 8.43. The molecule has 3 aliphatic rings. The number of cyclic esters (lactones) is 1. The molecule has 50 heavy (non-hydrogen) atoms. The Bertz CT molecular complexity index is 1660. The summed E-state index contributed by atoms with van der Waals surface area (Å²) in [6, 6.07) is 7.60. The molecule has 2 aromatic rings. The molecule has 0 unspecified atom stereocenters. The molecule has 13 nitrogen and oxygen atoms in total. The first-order valence-corrected chi connectivity index (χ1v) is 17.5. The molecular formula is C37H50N6O7. The molecule has 3 N–H and O–H groups in total. The lowest BCUT2D eigenvalue weighted by Gasteiger charge is -2.39. The quantitative estimate of drug-likeness (QED) is 0.376. The van der Waals surface area contributed by atoms with Crippen molar-refractivity contribution in [3.05, 3.63) is 47.7 Å². The highest BCUT2D eigenvalue weighted by Gasteiger charge is 2.45. The number of carbonyl (C=O) groups excluding carboxylic acids is 5. The normalized spacial score (nSPS) is 25.4. The Balaban J connectivity index is 1.51. The third-order valence-corrected chi connectivity index (χ3v) is 9.44. The van der Waals surface area contributed by atoms with Gasteiger partial charge in [0.2, 0.25) is 5.91 Å². The number of nitrogens with zero attached hydrogens (tertiary/aromatic N) is 3. The number of piperidine rings is 1. The van der Waals surface area contributed by atoms with E-state index in [0.29, 0.717) is 30.6 Å². The van der Waals surface area contributed by atoms with Crippen molar-refractivity contribution in [2.24, 2.45) is 11.3 Å². The number of hydrazine groups is 1. The Labute approximate surface area is 293 Å². The minimum absolute atomic E-state index is 0.245. The number of amides is 4. The van der Waals surface area contributed by atoms with Crippen LogP contribution in [0.1, 0.15) is 91.4 Å². The zero-order valence-electron chi connectivity index (χ0n) is 30.1. The number of rotatable bonds is 1. The van der Waals surface area contributed by atoms with Gasteiger partial charge in [0.05, 0.1) is 22.7 Å². The maximum atomic E-state index is 14.2. The van der Waals surface area contributed by atoms with Crippen molar-refractivity contribution >= 4 is 46.8 Å². The van der Waals surface area contributed by atoms with Crippen LogP contribution in [0, 0.1) is 11.3 Å². The fraction of sp³-hybridized carbons (Fsp3) is 0.568. The molecule has 1 aromatic heterocycles. The van der Waals surface area contributed by atoms with Crippen molar-refractivity contribution in [3.63, 3.8) is 0 Å². The second-order valence-electron chi connectivity index (χ2n) is 15.0. The largest absolute Gasteiger partial charge is 0.451 e. The van der Waals surface area contributed by atoms with Gasteiger partial charge in [-0.05, 0) is 83.9 Å². The zero-order valence-corrected chi connectivity index (χ0v) is 30.1. The average molecular weight is 691 g/mol. The molecule has 0 saturated carbocycles. The van der Waals surface area contributed by atoms with E-state index in [1.165, 1.54) is 5.01 Å². The van der Waals surface area contributed by atoms with Gasteiger partial charge in [0.15, 0.2) is 6.10 Å². The van der Waals surface area contributed by atoms with E-state index in [2.05, 4.69) is 16.1 Å². The number of likely N-dealkylation sites (tertiary alicyclic amines) is 1. The molecule has 13 heteroatoms. The predicted octanol–water partition coefficient (Wildman–Crippen LogP) is 4.02. The summed E-state index contributed by atoms with van der Waals surface area (Å²) in [5.74, 6) is -2.26. The second kappa shape index (κ2) is 14.8. The molecule has 270 valence electrons. The van der Waals surface area contributed by atoms with Crippen LogP contribution < -0.4 is 16.1 Å². The lowest BCUT2D eigenvalue weighted by molar-refractivity contribution is -0.168. The standard InChI is InChI=1S/C37H50N6O7/c1-22(2)30-32(45)39-24(4)33(46)43-18-8-9-28(41-43)31(44)38-23(3)27-13-12-26-11-10-25(21-29(26)40-27)14-15-37(34(47)49-30)16-19-42(20-17-37)35(48)50-36(5,6)7/h10-15,21-24,28,30,41H,8-9,16-20H2,1-7H3,(H,38,44)(H,39,45)/t23-,24+,28+,30+/m1/s1. The minimum Gasteiger partial charge on any atom is -0.451 e. The van der Waals surface area contributed by atoms with Crippen LogP contribution in [0.25, 0.3) is 17.0 Å². The van der Waals surface area contributed by atoms with E-state index < -0.39 is 65.0 Å². The SMILES string of the molecule is CC(C)[C@@H]1OC(=O)C2(C=Cc3ccc4ccc(nc4c3)[C@@H](C)NC(=O)[C@@H]3CCCN(N3)C(=O)[C@H](C)NC1=O)CCN(C(=O)OC(C)(C)C)CC2. The molecule has 0 aliphatic carbocycles. The van der Waals surface area contributed by atoms with E-state index in [1.807, 2.05) is 43.3 Å². The molecule has 3 aliphatic heterocycles. The highest BCUT2D eigenvalue weighted by molar-refractivity contribution is 5.92. The Morgan fingerprint density at radius 1 is 0.980 bits per heavy atom. The number of ether oxygens (including phenoxy) is 2. The van der Waals surface area contributed by atoms with Crippen LogP contribution >= 0.6 is 0 Å². The van der Waals surface area contributed by atoms with Crippen molar-refractivity contribution in [3.8, 4) is 0 Å². The van der Waals surface area contributed by atoms with E-state index in [0.717, 1.165) is 10.9 Å². The number of benzene rings is 1. The van der Waals surface area contributed by atoms with Crippen LogP contribution in [0.5, 0.6) is 0 Å².